The molecule has 4 heteroatoms. The Bertz CT molecular complexity index is 825. The van der Waals surface area contributed by atoms with Crippen molar-refractivity contribution in [1.29, 1.82) is 0 Å². The quantitative estimate of drug-likeness (QED) is 0.754. The van der Waals surface area contributed by atoms with Gasteiger partial charge in [-0.2, -0.15) is 0 Å². The van der Waals surface area contributed by atoms with Crippen LogP contribution in [0.1, 0.15) is 16.7 Å². The van der Waals surface area contributed by atoms with E-state index in [0.29, 0.717) is 11.4 Å². The lowest BCUT2D eigenvalue weighted by Crippen LogP contribution is -2.27. The van der Waals surface area contributed by atoms with Crippen LogP contribution >= 0.6 is 11.8 Å². The van der Waals surface area contributed by atoms with Crippen LogP contribution in [-0.4, -0.2) is 16.0 Å². The topological polar surface area (TPSA) is 37.4 Å². The third-order valence-corrected chi connectivity index (χ3v) is 4.56. The summed E-state index contributed by atoms with van der Waals surface area (Å²) in [6.45, 7) is 2.30. The predicted molar refractivity (Wildman–Crippen MR) is 98.3 cm³/mol. The Morgan fingerprint density at radius 1 is 1.04 bits per heavy atom. The highest BCUT2D eigenvalue weighted by Gasteiger charge is 2.34. The number of rotatable bonds is 4. The average Bonchev–Trinajstić information content (AvgIpc) is 2.84. The molecule has 0 bridgehead atoms. The standard InChI is InChI=1S/C20H17NO2S/c1-15-7-5-11-17(13-15)14-21-19(22)18(24-20(21)23)12-6-10-16-8-3-2-4-9-16/h2-13H,14H2,1H3/b10-6-,18-12+. The van der Waals surface area contributed by atoms with Gasteiger partial charge in [-0.15, -0.1) is 0 Å². The van der Waals surface area contributed by atoms with Crippen molar-refractivity contribution in [2.45, 2.75) is 13.5 Å². The lowest BCUT2D eigenvalue weighted by molar-refractivity contribution is -0.123. The molecule has 0 spiro atoms. The first kappa shape index (κ1) is 16.3. The second kappa shape index (κ2) is 7.32. The van der Waals surface area contributed by atoms with Crippen LogP contribution in [0.4, 0.5) is 4.79 Å². The number of hydrogen-bond donors (Lipinski definition) is 0. The highest BCUT2D eigenvalue weighted by atomic mass is 32.2. The Balaban J connectivity index is 1.72. The second-order valence-corrected chi connectivity index (χ2v) is 6.54. The lowest BCUT2D eigenvalue weighted by atomic mass is 10.1. The van der Waals surface area contributed by atoms with Crippen LogP contribution in [0.25, 0.3) is 6.08 Å². The number of benzene rings is 2. The third-order valence-electron chi connectivity index (χ3n) is 3.63. The number of allylic oxidation sites excluding steroid dienone is 2. The molecule has 0 aliphatic carbocycles. The maximum Gasteiger partial charge on any atom is 0.293 e. The maximum atomic E-state index is 12.4. The van der Waals surface area contributed by atoms with Gasteiger partial charge in [0.2, 0.25) is 0 Å². The van der Waals surface area contributed by atoms with E-state index >= 15 is 0 Å². The Kier molecular flexibility index (Phi) is 4.96. The Hall–Kier alpha value is -2.59. The van der Waals surface area contributed by atoms with Gasteiger partial charge in [0, 0.05) is 0 Å². The van der Waals surface area contributed by atoms with Gasteiger partial charge in [0.15, 0.2) is 0 Å². The van der Waals surface area contributed by atoms with E-state index in [-0.39, 0.29) is 11.1 Å². The molecule has 0 aromatic heterocycles. The zero-order chi connectivity index (χ0) is 16.9. The van der Waals surface area contributed by atoms with Gasteiger partial charge >= 0.3 is 0 Å². The molecule has 2 aromatic rings. The predicted octanol–water partition coefficient (Wildman–Crippen LogP) is 4.79. The lowest BCUT2D eigenvalue weighted by Gasteiger charge is -2.12. The Labute approximate surface area is 145 Å². The van der Waals surface area contributed by atoms with Gasteiger partial charge in [-0.3, -0.25) is 14.5 Å². The molecule has 1 aliphatic rings. The Morgan fingerprint density at radius 2 is 1.83 bits per heavy atom. The summed E-state index contributed by atoms with van der Waals surface area (Å²) in [5.41, 5.74) is 3.12. The van der Waals surface area contributed by atoms with Crippen LogP contribution in [0.5, 0.6) is 0 Å². The summed E-state index contributed by atoms with van der Waals surface area (Å²) < 4.78 is 0. The van der Waals surface area contributed by atoms with Crippen molar-refractivity contribution in [3.05, 3.63) is 88.3 Å². The molecule has 1 fully saturated rings. The molecule has 0 saturated carbocycles. The highest BCUT2D eigenvalue weighted by molar-refractivity contribution is 8.18. The number of aryl methyl sites for hydroxylation is 1. The smallest absolute Gasteiger partial charge is 0.268 e. The number of carbonyl (C=O) groups is 2. The molecule has 120 valence electrons. The van der Waals surface area contributed by atoms with Crippen molar-refractivity contribution in [3.63, 3.8) is 0 Å². The van der Waals surface area contributed by atoms with Crippen molar-refractivity contribution >= 4 is 29.0 Å². The first-order valence-electron chi connectivity index (χ1n) is 7.66. The molecule has 0 unspecified atom stereocenters. The van der Waals surface area contributed by atoms with Crippen molar-refractivity contribution in [2.75, 3.05) is 0 Å². The van der Waals surface area contributed by atoms with E-state index in [2.05, 4.69) is 0 Å². The number of carbonyl (C=O) groups excluding carboxylic acids is 2. The van der Waals surface area contributed by atoms with Crippen LogP contribution in [-0.2, 0) is 11.3 Å². The van der Waals surface area contributed by atoms with E-state index < -0.39 is 0 Å². The Morgan fingerprint density at radius 3 is 2.58 bits per heavy atom. The summed E-state index contributed by atoms with van der Waals surface area (Å²) in [4.78, 5) is 26.3. The number of amides is 2. The number of hydrogen-bond acceptors (Lipinski definition) is 3. The second-order valence-electron chi connectivity index (χ2n) is 5.55. The summed E-state index contributed by atoms with van der Waals surface area (Å²) in [6, 6.07) is 17.7. The molecule has 0 radical (unpaired) electrons. The van der Waals surface area contributed by atoms with Crippen molar-refractivity contribution < 1.29 is 9.59 Å². The van der Waals surface area contributed by atoms with Gasteiger partial charge < -0.3 is 0 Å². The van der Waals surface area contributed by atoms with Crippen LogP contribution < -0.4 is 0 Å². The normalized spacial score (nSPS) is 16.5. The van der Waals surface area contributed by atoms with E-state index in [4.69, 9.17) is 0 Å². The first-order valence-corrected chi connectivity index (χ1v) is 8.48. The maximum absolute atomic E-state index is 12.4. The molecule has 0 N–H and O–H groups in total. The molecule has 24 heavy (non-hydrogen) atoms. The zero-order valence-corrected chi connectivity index (χ0v) is 14.1. The third kappa shape index (κ3) is 3.84. The summed E-state index contributed by atoms with van der Waals surface area (Å²) in [5, 5.41) is -0.221. The van der Waals surface area contributed by atoms with Gasteiger partial charge in [0.05, 0.1) is 11.4 Å². The summed E-state index contributed by atoms with van der Waals surface area (Å²) in [7, 11) is 0. The van der Waals surface area contributed by atoms with E-state index in [1.165, 1.54) is 4.90 Å². The van der Waals surface area contributed by atoms with Crippen LogP contribution in [0.3, 0.4) is 0 Å². The van der Waals surface area contributed by atoms with Gasteiger partial charge in [0.25, 0.3) is 11.1 Å². The van der Waals surface area contributed by atoms with Gasteiger partial charge in [-0.25, -0.2) is 0 Å². The molecular formula is C20H17NO2S. The number of nitrogens with zero attached hydrogens (tertiary/aromatic N) is 1. The van der Waals surface area contributed by atoms with E-state index in [0.717, 1.165) is 28.5 Å². The minimum Gasteiger partial charge on any atom is -0.268 e. The fourth-order valence-electron chi connectivity index (χ4n) is 2.45. The van der Waals surface area contributed by atoms with E-state index in [1.807, 2.05) is 67.6 Å². The fraction of sp³-hybridized carbons (Fsp3) is 0.100. The highest BCUT2D eigenvalue weighted by Crippen LogP contribution is 2.31. The molecule has 2 aromatic carbocycles. The molecule has 0 atom stereocenters. The molecule has 1 saturated heterocycles. The van der Waals surface area contributed by atoms with Crippen LogP contribution in [0.15, 0.2) is 71.7 Å². The number of thioether (sulfide) groups is 1. The van der Waals surface area contributed by atoms with Gasteiger partial charge in [0.1, 0.15) is 0 Å². The zero-order valence-electron chi connectivity index (χ0n) is 13.3. The molecular weight excluding hydrogens is 318 g/mol. The fourth-order valence-corrected chi connectivity index (χ4v) is 3.24. The SMILES string of the molecule is Cc1cccc(CN2C(=O)S/C(=C/C=C\c3ccccc3)C2=O)c1. The van der Waals surface area contributed by atoms with E-state index in [9.17, 15) is 9.59 Å². The van der Waals surface area contributed by atoms with Crippen molar-refractivity contribution in [2.24, 2.45) is 0 Å². The van der Waals surface area contributed by atoms with Crippen LogP contribution in [0.2, 0.25) is 0 Å². The number of imide groups is 1. The van der Waals surface area contributed by atoms with Gasteiger partial charge in [-0.1, -0.05) is 72.3 Å². The summed E-state index contributed by atoms with van der Waals surface area (Å²) in [5.74, 6) is -0.232. The molecule has 3 rings (SSSR count). The monoisotopic (exact) mass is 335 g/mol. The largest absolute Gasteiger partial charge is 0.293 e. The minimum absolute atomic E-state index is 0.221. The van der Waals surface area contributed by atoms with Gasteiger partial charge in [-0.05, 0) is 35.9 Å². The molecule has 2 amide bonds. The summed E-state index contributed by atoms with van der Waals surface area (Å²) in [6.07, 6.45) is 5.42. The van der Waals surface area contributed by atoms with E-state index in [1.54, 1.807) is 12.2 Å². The van der Waals surface area contributed by atoms with Crippen molar-refractivity contribution in [1.82, 2.24) is 4.90 Å². The van der Waals surface area contributed by atoms with Crippen molar-refractivity contribution in [3.8, 4) is 0 Å². The first-order chi connectivity index (χ1) is 11.6. The molecule has 1 aliphatic heterocycles. The molecule has 3 nitrogen and oxygen atoms in total. The van der Waals surface area contributed by atoms with Crippen LogP contribution in [0, 0.1) is 6.92 Å². The molecule has 1 heterocycles. The summed E-state index contributed by atoms with van der Waals surface area (Å²) >= 11 is 0.988. The minimum atomic E-state index is -0.232. The average molecular weight is 335 g/mol.